The van der Waals surface area contributed by atoms with Gasteiger partial charge >= 0.3 is 0 Å². The van der Waals surface area contributed by atoms with Crippen LogP contribution >= 0.6 is 22.9 Å². The van der Waals surface area contributed by atoms with Crippen molar-refractivity contribution in [3.8, 4) is 0 Å². The van der Waals surface area contributed by atoms with Crippen molar-refractivity contribution in [1.82, 2.24) is 20.3 Å². The second-order valence-electron chi connectivity index (χ2n) is 5.23. The molecule has 0 saturated heterocycles. The molecule has 0 fully saturated rings. The normalized spacial score (nSPS) is 10.3. The highest BCUT2D eigenvalue weighted by Gasteiger charge is 2.12. The van der Waals surface area contributed by atoms with Crippen molar-refractivity contribution in [2.75, 3.05) is 5.32 Å². The van der Waals surface area contributed by atoms with Crippen molar-refractivity contribution in [2.24, 2.45) is 0 Å². The molecule has 0 bridgehead atoms. The van der Waals surface area contributed by atoms with Crippen LogP contribution in [0, 0.1) is 0 Å². The lowest BCUT2D eigenvalue weighted by Gasteiger charge is -2.06. The van der Waals surface area contributed by atoms with Gasteiger partial charge in [-0.25, -0.2) is 9.97 Å². The first-order valence-corrected chi connectivity index (χ1v) is 8.89. The lowest BCUT2D eigenvalue weighted by molar-refractivity contribution is -0.120. The number of carbonyl (C=O) groups is 2. The summed E-state index contributed by atoms with van der Waals surface area (Å²) in [7, 11) is 0. The van der Waals surface area contributed by atoms with Crippen molar-refractivity contribution in [3.05, 3.63) is 70.2 Å². The molecule has 2 aromatic heterocycles. The minimum absolute atomic E-state index is 0.113. The van der Waals surface area contributed by atoms with Crippen LogP contribution in [0.15, 0.2) is 48.2 Å². The fourth-order valence-corrected chi connectivity index (χ4v) is 2.99. The van der Waals surface area contributed by atoms with Gasteiger partial charge in [0.1, 0.15) is 5.69 Å². The number of halogens is 1. The number of hydrogen-bond acceptors (Lipinski definition) is 6. The summed E-state index contributed by atoms with van der Waals surface area (Å²) < 4.78 is 0. The zero-order chi connectivity index (χ0) is 18.4. The first kappa shape index (κ1) is 18.0. The zero-order valence-electron chi connectivity index (χ0n) is 13.5. The molecule has 7 nitrogen and oxygen atoms in total. The second kappa shape index (κ2) is 8.50. The molecule has 0 atom stereocenters. The Kier molecular flexibility index (Phi) is 5.88. The summed E-state index contributed by atoms with van der Waals surface area (Å²) in [6.07, 6.45) is 4.40. The number of hydrogen-bond donors (Lipinski definition) is 2. The van der Waals surface area contributed by atoms with Gasteiger partial charge in [-0.05, 0) is 11.6 Å². The second-order valence-corrected chi connectivity index (χ2v) is 6.50. The molecule has 2 heterocycles. The number of carbonyl (C=O) groups excluding carboxylic acids is 2. The average molecular weight is 388 g/mol. The van der Waals surface area contributed by atoms with Gasteiger partial charge in [-0.15, -0.1) is 11.3 Å². The summed E-state index contributed by atoms with van der Waals surface area (Å²) in [5.41, 5.74) is 1.61. The van der Waals surface area contributed by atoms with Crippen LogP contribution in [0.3, 0.4) is 0 Å². The number of benzene rings is 1. The van der Waals surface area contributed by atoms with Gasteiger partial charge in [-0.1, -0.05) is 29.8 Å². The number of thiazole rings is 1. The third-order valence-corrected chi connectivity index (χ3v) is 4.52. The fourth-order valence-electron chi connectivity index (χ4n) is 2.09. The zero-order valence-corrected chi connectivity index (χ0v) is 15.0. The van der Waals surface area contributed by atoms with Gasteiger partial charge in [0.25, 0.3) is 5.91 Å². The van der Waals surface area contributed by atoms with Gasteiger partial charge in [0.15, 0.2) is 5.13 Å². The summed E-state index contributed by atoms with van der Waals surface area (Å²) in [6.45, 7) is 0.346. The number of anilines is 1. The molecule has 3 aromatic rings. The number of aromatic nitrogens is 3. The van der Waals surface area contributed by atoms with E-state index < -0.39 is 5.91 Å². The van der Waals surface area contributed by atoms with Gasteiger partial charge in [0, 0.05) is 29.3 Å². The average Bonchev–Trinajstić information content (AvgIpc) is 3.08. The van der Waals surface area contributed by atoms with Gasteiger partial charge in [-0.3, -0.25) is 19.9 Å². The van der Waals surface area contributed by atoms with E-state index in [0.717, 1.165) is 5.56 Å². The summed E-state index contributed by atoms with van der Waals surface area (Å²) >= 11 is 7.30. The highest BCUT2D eigenvalue weighted by Crippen LogP contribution is 2.17. The summed E-state index contributed by atoms with van der Waals surface area (Å²) in [6, 6.07) is 7.32. The topological polar surface area (TPSA) is 96.9 Å². The molecule has 0 radical (unpaired) electrons. The van der Waals surface area contributed by atoms with Crippen LogP contribution in [0.5, 0.6) is 0 Å². The van der Waals surface area contributed by atoms with Crippen molar-refractivity contribution in [1.29, 1.82) is 0 Å². The largest absolute Gasteiger partial charge is 0.352 e. The van der Waals surface area contributed by atoms with Crippen LogP contribution in [-0.4, -0.2) is 26.8 Å². The fraction of sp³-hybridized carbons (Fsp3) is 0.118. The first-order chi connectivity index (χ1) is 12.6. The predicted octanol–water partition coefficient (Wildman–Crippen LogP) is 2.70. The minimum atomic E-state index is -0.401. The maximum atomic E-state index is 12.1. The van der Waals surface area contributed by atoms with E-state index >= 15 is 0 Å². The van der Waals surface area contributed by atoms with E-state index in [4.69, 9.17) is 11.6 Å². The van der Waals surface area contributed by atoms with E-state index in [0.29, 0.717) is 22.4 Å². The van der Waals surface area contributed by atoms with Crippen LogP contribution < -0.4 is 10.6 Å². The predicted molar refractivity (Wildman–Crippen MR) is 99.1 cm³/mol. The van der Waals surface area contributed by atoms with E-state index in [1.165, 1.54) is 29.9 Å². The molecule has 0 spiro atoms. The van der Waals surface area contributed by atoms with E-state index in [9.17, 15) is 9.59 Å². The summed E-state index contributed by atoms with van der Waals surface area (Å²) in [4.78, 5) is 36.1. The van der Waals surface area contributed by atoms with Crippen LogP contribution in [0.25, 0.3) is 0 Å². The van der Waals surface area contributed by atoms with Crippen molar-refractivity contribution in [2.45, 2.75) is 13.0 Å². The maximum Gasteiger partial charge on any atom is 0.277 e. The minimum Gasteiger partial charge on any atom is -0.352 e. The number of amides is 2. The van der Waals surface area contributed by atoms with Gasteiger partial charge in [0.2, 0.25) is 5.91 Å². The Morgan fingerprint density at radius 3 is 2.81 bits per heavy atom. The Morgan fingerprint density at radius 1 is 1.19 bits per heavy atom. The van der Waals surface area contributed by atoms with Crippen LogP contribution in [0.2, 0.25) is 5.02 Å². The molecular weight excluding hydrogens is 374 g/mol. The molecule has 2 N–H and O–H groups in total. The SMILES string of the molecule is O=C(Cc1csc(NC(=O)c2cnccn2)n1)NCc1ccccc1Cl. The van der Waals surface area contributed by atoms with Gasteiger partial charge in [0.05, 0.1) is 18.3 Å². The Morgan fingerprint density at radius 2 is 2.04 bits per heavy atom. The quantitative estimate of drug-likeness (QED) is 0.677. The summed E-state index contributed by atoms with van der Waals surface area (Å²) in [5.74, 6) is -0.579. The first-order valence-electron chi connectivity index (χ1n) is 7.63. The third kappa shape index (κ3) is 4.84. The molecular formula is C17H14ClN5O2S. The standard InChI is InChI=1S/C17H14ClN5O2S/c18-13-4-2-1-3-11(13)8-21-15(24)7-12-10-26-17(22-12)23-16(25)14-9-19-5-6-20-14/h1-6,9-10H,7-8H2,(H,21,24)(H,22,23,25). The Balaban J connectivity index is 1.52. The third-order valence-electron chi connectivity index (χ3n) is 3.34. The van der Waals surface area contributed by atoms with E-state index in [2.05, 4.69) is 25.6 Å². The molecule has 132 valence electrons. The maximum absolute atomic E-state index is 12.1. The lowest BCUT2D eigenvalue weighted by atomic mass is 10.2. The monoisotopic (exact) mass is 387 g/mol. The molecule has 0 unspecified atom stereocenters. The van der Waals surface area contributed by atoms with Crippen molar-refractivity contribution in [3.63, 3.8) is 0 Å². The molecule has 9 heteroatoms. The van der Waals surface area contributed by atoms with Gasteiger partial charge in [-0.2, -0.15) is 0 Å². The molecule has 0 aliphatic rings. The van der Waals surface area contributed by atoms with Crippen molar-refractivity contribution >= 4 is 39.9 Å². The highest BCUT2D eigenvalue weighted by molar-refractivity contribution is 7.14. The number of nitrogens with zero attached hydrogens (tertiary/aromatic N) is 3. The molecule has 26 heavy (non-hydrogen) atoms. The molecule has 1 aromatic carbocycles. The highest BCUT2D eigenvalue weighted by atomic mass is 35.5. The van der Waals surface area contributed by atoms with Crippen LogP contribution in [-0.2, 0) is 17.8 Å². The van der Waals surface area contributed by atoms with E-state index in [-0.39, 0.29) is 18.0 Å². The Bertz CT molecular complexity index is 916. The molecule has 3 rings (SSSR count). The van der Waals surface area contributed by atoms with Crippen LogP contribution in [0.1, 0.15) is 21.7 Å². The Hall–Kier alpha value is -2.84. The number of nitrogens with one attached hydrogen (secondary N) is 2. The van der Waals surface area contributed by atoms with Crippen molar-refractivity contribution < 1.29 is 9.59 Å². The Labute approximate surface area is 158 Å². The molecule has 2 amide bonds. The molecule has 0 saturated carbocycles. The smallest absolute Gasteiger partial charge is 0.277 e. The molecule has 0 aliphatic heterocycles. The lowest BCUT2D eigenvalue weighted by Crippen LogP contribution is -2.24. The molecule has 0 aliphatic carbocycles. The number of rotatable bonds is 6. The van der Waals surface area contributed by atoms with Crippen LogP contribution in [0.4, 0.5) is 5.13 Å². The van der Waals surface area contributed by atoms with E-state index in [1.807, 2.05) is 18.2 Å². The van der Waals surface area contributed by atoms with Gasteiger partial charge < -0.3 is 5.32 Å². The summed E-state index contributed by atoms with van der Waals surface area (Å²) in [5, 5.41) is 8.16. The van der Waals surface area contributed by atoms with E-state index in [1.54, 1.807) is 11.4 Å².